The van der Waals surface area contributed by atoms with Gasteiger partial charge in [-0.1, -0.05) is 11.6 Å². The van der Waals surface area contributed by atoms with Gasteiger partial charge in [-0.05, 0) is 30.3 Å². The average molecular weight is 313 g/mol. The summed E-state index contributed by atoms with van der Waals surface area (Å²) < 4.78 is 31.0. The van der Waals surface area contributed by atoms with Crippen LogP contribution in [0, 0.1) is 11.6 Å². The zero-order valence-corrected chi connectivity index (χ0v) is 11.5. The van der Waals surface area contributed by atoms with Gasteiger partial charge < -0.3 is 15.8 Å². The zero-order chi connectivity index (χ0) is 15.4. The molecule has 7 heteroatoms. The highest BCUT2D eigenvalue weighted by Gasteiger charge is 2.08. The smallest absolute Gasteiger partial charge is 0.262 e. The van der Waals surface area contributed by atoms with Crippen molar-refractivity contribution in [1.82, 2.24) is 0 Å². The van der Waals surface area contributed by atoms with Crippen LogP contribution in [0.5, 0.6) is 5.75 Å². The van der Waals surface area contributed by atoms with Crippen LogP contribution < -0.4 is 15.8 Å². The fraction of sp³-hybridized carbons (Fsp3) is 0.0714. The van der Waals surface area contributed by atoms with E-state index < -0.39 is 17.5 Å². The van der Waals surface area contributed by atoms with Crippen LogP contribution >= 0.6 is 11.6 Å². The van der Waals surface area contributed by atoms with Crippen LogP contribution in [0.15, 0.2) is 36.4 Å². The maximum absolute atomic E-state index is 13.0. The Morgan fingerprint density at radius 1 is 1.24 bits per heavy atom. The standard InChI is InChI=1S/C14H11ClF2N2O2/c15-10-6-9(2-3-11(10)17)21-7-14(20)19-13-4-1-8(16)5-12(13)18/h1-6H,7,18H2,(H,19,20). The number of nitrogens with two attached hydrogens (primary N) is 1. The predicted molar refractivity (Wildman–Crippen MR) is 76.3 cm³/mol. The summed E-state index contributed by atoms with van der Waals surface area (Å²) in [5, 5.41) is 2.37. The van der Waals surface area contributed by atoms with Gasteiger partial charge in [0.05, 0.1) is 16.4 Å². The first kappa shape index (κ1) is 15.1. The molecule has 0 aliphatic carbocycles. The number of benzene rings is 2. The molecular formula is C14H11ClF2N2O2. The zero-order valence-electron chi connectivity index (χ0n) is 10.7. The third-order valence-corrected chi connectivity index (χ3v) is 2.84. The summed E-state index contributed by atoms with van der Waals surface area (Å²) in [6.07, 6.45) is 0. The first-order valence-corrected chi connectivity index (χ1v) is 6.26. The van der Waals surface area contributed by atoms with Gasteiger partial charge in [0.1, 0.15) is 17.4 Å². The molecule has 0 saturated heterocycles. The van der Waals surface area contributed by atoms with Crippen molar-refractivity contribution < 1.29 is 18.3 Å². The van der Waals surface area contributed by atoms with E-state index in [0.717, 1.165) is 12.1 Å². The predicted octanol–water partition coefficient (Wildman–Crippen LogP) is 3.22. The summed E-state index contributed by atoms with van der Waals surface area (Å²) >= 11 is 5.59. The summed E-state index contributed by atoms with van der Waals surface area (Å²) in [5.74, 6) is -1.31. The number of hydrogen-bond donors (Lipinski definition) is 2. The van der Waals surface area contributed by atoms with Gasteiger partial charge in [0.15, 0.2) is 6.61 Å². The van der Waals surface area contributed by atoms with Gasteiger partial charge in [-0.15, -0.1) is 0 Å². The second kappa shape index (κ2) is 6.41. The summed E-state index contributed by atoms with van der Waals surface area (Å²) in [6, 6.07) is 7.35. The van der Waals surface area contributed by atoms with Crippen LogP contribution in [-0.2, 0) is 4.79 Å². The molecule has 21 heavy (non-hydrogen) atoms. The second-order valence-corrected chi connectivity index (χ2v) is 4.55. The minimum absolute atomic E-state index is 0.101. The summed E-state index contributed by atoms with van der Waals surface area (Å²) in [4.78, 5) is 11.7. The highest BCUT2D eigenvalue weighted by Crippen LogP contribution is 2.21. The molecule has 2 aromatic carbocycles. The van der Waals surface area contributed by atoms with E-state index in [9.17, 15) is 13.6 Å². The Kier molecular flexibility index (Phi) is 4.59. The lowest BCUT2D eigenvalue weighted by atomic mass is 10.2. The van der Waals surface area contributed by atoms with Crippen molar-refractivity contribution in [2.75, 3.05) is 17.7 Å². The van der Waals surface area contributed by atoms with Crippen molar-refractivity contribution in [3.8, 4) is 5.75 Å². The number of carbonyl (C=O) groups is 1. The molecule has 0 aromatic heterocycles. The number of hydrogen-bond acceptors (Lipinski definition) is 3. The van der Waals surface area contributed by atoms with Gasteiger partial charge in [-0.3, -0.25) is 4.79 Å². The average Bonchev–Trinajstić information content (AvgIpc) is 2.43. The lowest BCUT2D eigenvalue weighted by Gasteiger charge is -2.09. The number of ether oxygens (including phenoxy) is 1. The van der Waals surface area contributed by atoms with Crippen molar-refractivity contribution in [3.63, 3.8) is 0 Å². The molecule has 110 valence electrons. The van der Waals surface area contributed by atoms with E-state index in [1.54, 1.807) is 0 Å². The van der Waals surface area contributed by atoms with Crippen molar-refractivity contribution in [1.29, 1.82) is 0 Å². The topological polar surface area (TPSA) is 64.3 Å². The van der Waals surface area contributed by atoms with Crippen LogP contribution in [0.2, 0.25) is 5.02 Å². The van der Waals surface area contributed by atoms with Crippen molar-refractivity contribution in [2.24, 2.45) is 0 Å². The molecule has 0 unspecified atom stereocenters. The molecule has 0 atom stereocenters. The Morgan fingerprint density at radius 3 is 2.67 bits per heavy atom. The maximum atomic E-state index is 13.0. The molecule has 0 aliphatic rings. The molecule has 0 saturated carbocycles. The number of carbonyl (C=O) groups excluding carboxylic acids is 1. The lowest BCUT2D eigenvalue weighted by Crippen LogP contribution is -2.20. The molecular weight excluding hydrogens is 302 g/mol. The molecule has 4 nitrogen and oxygen atoms in total. The van der Waals surface area contributed by atoms with Crippen LogP contribution in [-0.4, -0.2) is 12.5 Å². The third-order valence-electron chi connectivity index (χ3n) is 2.55. The Bertz CT molecular complexity index is 680. The van der Waals surface area contributed by atoms with E-state index in [-0.39, 0.29) is 28.8 Å². The van der Waals surface area contributed by atoms with E-state index in [4.69, 9.17) is 22.1 Å². The van der Waals surface area contributed by atoms with Gasteiger partial charge in [0.2, 0.25) is 0 Å². The van der Waals surface area contributed by atoms with Crippen molar-refractivity contribution in [2.45, 2.75) is 0 Å². The van der Waals surface area contributed by atoms with Crippen LogP contribution in [0.1, 0.15) is 0 Å². The third kappa shape index (κ3) is 4.06. The Morgan fingerprint density at radius 2 is 2.00 bits per heavy atom. The normalized spacial score (nSPS) is 10.2. The summed E-state index contributed by atoms with van der Waals surface area (Å²) in [7, 11) is 0. The Hall–Kier alpha value is -2.34. The van der Waals surface area contributed by atoms with Crippen molar-refractivity contribution in [3.05, 3.63) is 53.1 Å². The molecule has 1 amide bonds. The highest BCUT2D eigenvalue weighted by molar-refractivity contribution is 6.30. The highest BCUT2D eigenvalue weighted by atomic mass is 35.5. The van der Waals surface area contributed by atoms with Crippen molar-refractivity contribution >= 4 is 28.9 Å². The van der Waals surface area contributed by atoms with Crippen LogP contribution in [0.4, 0.5) is 20.2 Å². The molecule has 3 N–H and O–H groups in total. The van der Waals surface area contributed by atoms with Crippen LogP contribution in [0.3, 0.4) is 0 Å². The van der Waals surface area contributed by atoms with Gasteiger partial charge >= 0.3 is 0 Å². The number of nitrogen functional groups attached to an aromatic ring is 1. The first-order chi connectivity index (χ1) is 9.95. The molecule has 0 heterocycles. The van der Waals surface area contributed by atoms with E-state index in [1.165, 1.54) is 24.3 Å². The monoisotopic (exact) mass is 312 g/mol. The van der Waals surface area contributed by atoms with Gasteiger partial charge in [-0.2, -0.15) is 0 Å². The molecule has 0 aliphatic heterocycles. The largest absolute Gasteiger partial charge is 0.484 e. The minimum Gasteiger partial charge on any atom is -0.484 e. The number of rotatable bonds is 4. The second-order valence-electron chi connectivity index (χ2n) is 4.14. The van der Waals surface area contributed by atoms with Gasteiger partial charge in [0, 0.05) is 6.07 Å². The number of nitrogens with one attached hydrogen (secondary N) is 1. The molecule has 2 aromatic rings. The van der Waals surface area contributed by atoms with E-state index in [1.807, 2.05) is 0 Å². The molecule has 0 bridgehead atoms. The number of halogens is 3. The van der Waals surface area contributed by atoms with Gasteiger partial charge in [-0.25, -0.2) is 8.78 Å². The minimum atomic E-state index is -0.576. The molecule has 2 rings (SSSR count). The van der Waals surface area contributed by atoms with E-state index in [2.05, 4.69) is 5.32 Å². The summed E-state index contributed by atoms with van der Waals surface area (Å²) in [5.41, 5.74) is 5.94. The summed E-state index contributed by atoms with van der Waals surface area (Å²) in [6.45, 7) is -0.321. The lowest BCUT2D eigenvalue weighted by molar-refractivity contribution is -0.118. The molecule has 0 radical (unpaired) electrons. The molecule has 0 spiro atoms. The fourth-order valence-electron chi connectivity index (χ4n) is 1.55. The SMILES string of the molecule is Nc1cc(F)ccc1NC(=O)COc1ccc(F)c(Cl)c1. The fourth-order valence-corrected chi connectivity index (χ4v) is 1.72. The van der Waals surface area contributed by atoms with Gasteiger partial charge in [0.25, 0.3) is 5.91 Å². The molecule has 0 fully saturated rings. The maximum Gasteiger partial charge on any atom is 0.262 e. The first-order valence-electron chi connectivity index (χ1n) is 5.88. The van der Waals surface area contributed by atoms with E-state index >= 15 is 0 Å². The Balaban J connectivity index is 1.94. The quantitative estimate of drug-likeness (QED) is 0.852. The number of anilines is 2. The number of amides is 1. The van der Waals surface area contributed by atoms with E-state index in [0.29, 0.717) is 0 Å². The van der Waals surface area contributed by atoms with Crippen LogP contribution in [0.25, 0.3) is 0 Å². The Labute approximate surface area is 124 Å².